The molecule has 0 heterocycles. The summed E-state index contributed by atoms with van der Waals surface area (Å²) < 4.78 is 0. The highest BCUT2D eigenvalue weighted by Crippen LogP contribution is 2.23. The van der Waals surface area contributed by atoms with E-state index in [1.807, 2.05) is 0 Å². The number of nitrogen functional groups attached to an aromatic ring is 4. The van der Waals surface area contributed by atoms with Crippen molar-refractivity contribution in [1.82, 2.24) is 0 Å². The highest BCUT2D eigenvalue weighted by molar-refractivity contribution is 6.07. The van der Waals surface area contributed by atoms with Gasteiger partial charge in [-0.1, -0.05) is 12.1 Å². The average Bonchev–Trinajstić information content (AvgIpc) is 2.68. The Bertz CT molecular complexity index is 865. The molecule has 30 heavy (non-hydrogen) atoms. The zero-order chi connectivity index (χ0) is 22.3. The standard InChI is InChI=1S/C22H26N4O4/c23-15-3-1-4-16(24)21(15)19(29)11-9-13(27)7-8-14(28)10-12-20(30)22-17(25)5-2-6-18(22)26/h1-6H,7-12,23-26H2. The maximum absolute atomic E-state index is 12.3. The second-order valence-electron chi connectivity index (χ2n) is 7.05. The van der Waals surface area contributed by atoms with Crippen molar-refractivity contribution >= 4 is 45.9 Å². The van der Waals surface area contributed by atoms with Crippen molar-refractivity contribution in [1.29, 1.82) is 0 Å². The van der Waals surface area contributed by atoms with Gasteiger partial charge in [0.15, 0.2) is 11.6 Å². The predicted octanol–water partition coefficient (Wildman–Crippen LogP) is 2.56. The van der Waals surface area contributed by atoms with E-state index >= 15 is 0 Å². The molecular formula is C22H26N4O4. The predicted molar refractivity (Wildman–Crippen MR) is 117 cm³/mol. The number of benzene rings is 2. The first-order valence-electron chi connectivity index (χ1n) is 9.58. The normalized spacial score (nSPS) is 10.5. The lowest BCUT2D eigenvalue weighted by Gasteiger charge is -2.08. The molecule has 0 aliphatic heterocycles. The van der Waals surface area contributed by atoms with Gasteiger partial charge in [-0.05, 0) is 24.3 Å². The van der Waals surface area contributed by atoms with E-state index in [0.717, 1.165) is 0 Å². The van der Waals surface area contributed by atoms with E-state index in [4.69, 9.17) is 22.9 Å². The van der Waals surface area contributed by atoms with Gasteiger partial charge in [0.25, 0.3) is 0 Å². The quantitative estimate of drug-likeness (QED) is 0.323. The molecule has 0 aliphatic rings. The van der Waals surface area contributed by atoms with Gasteiger partial charge in [0, 0.05) is 61.3 Å². The molecule has 8 nitrogen and oxygen atoms in total. The van der Waals surface area contributed by atoms with E-state index in [-0.39, 0.29) is 95.5 Å². The molecule has 2 aromatic carbocycles. The van der Waals surface area contributed by atoms with E-state index < -0.39 is 0 Å². The minimum absolute atomic E-state index is 0.00407. The number of ketones is 4. The van der Waals surface area contributed by atoms with E-state index in [1.165, 1.54) is 0 Å². The Labute approximate surface area is 174 Å². The molecule has 2 aromatic rings. The Kier molecular flexibility index (Phi) is 7.69. The van der Waals surface area contributed by atoms with Crippen LogP contribution < -0.4 is 22.9 Å². The van der Waals surface area contributed by atoms with Gasteiger partial charge >= 0.3 is 0 Å². The summed E-state index contributed by atoms with van der Waals surface area (Å²) in [6, 6.07) is 9.57. The van der Waals surface area contributed by atoms with Crippen molar-refractivity contribution in [3.05, 3.63) is 47.5 Å². The minimum atomic E-state index is -0.311. The summed E-state index contributed by atoms with van der Waals surface area (Å²) in [5.41, 5.74) is 24.6. The first kappa shape index (κ1) is 22.6. The van der Waals surface area contributed by atoms with Crippen LogP contribution in [0, 0.1) is 0 Å². The summed E-state index contributed by atoms with van der Waals surface area (Å²) >= 11 is 0. The molecule has 158 valence electrons. The molecule has 0 fully saturated rings. The van der Waals surface area contributed by atoms with Crippen LogP contribution in [-0.4, -0.2) is 23.1 Å². The Balaban J connectivity index is 1.76. The third-order valence-corrected chi connectivity index (χ3v) is 4.76. The van der Waals surface area contributed by atoms with E-state index in [0.29, 0.717) is 0 Å². The molecular weight excluding hydrogens is 384 g/mol. The molecule has 0 atom stereocenters. The van der Waals surface area contributed by atoms with E-state index in [2.05, 4.69) is 0 Å². The monoisotopic (exact) mass is 410 g/mol. The van der Waals surface area contributed by atoms with Crippen molar-refractivity contribution < 1.29 is 19.2 Å². The zero-order valence-corrected chi connectivity index (χ0v) is 16.6. The van der Waals surface area contributed by atoms with E-state index in [1.54, 1.807) is 36.4 Å². The lowest BCUT2D eigenvalue weighted by Crippen LogP contribution is -2.12. The Hall–Kier alpha value is -3.68. The number of hydrogen-bond donors (Lipinski definition) is 4. The third kappa shape index (κ3) is 5.91. The highest BCUT2D eigenvalue weighted by Gasteiger charge is 2.17. The number of anilines is 4. The van der Waals surface area contributed by atoms with Crippen molar-refractivity contribution in [2.45, 2.75) is 38.5 Å². The second-order valence-corrected chi connectivity index (χ2v) is 7.05. The number of rotatable bonds is 11. The maximum Gasteiger partial charge on any atom is 0.167 e. The number of carbonyl (C=O) groups excluding carboxylic acids is 4. The third-order valence-electron chi connectivity index (χ3n) is 4.76. The maximum atomic E-state index is 12.3. The van der Waals surface area contributed by atoms with Crippen LogP contribution in [-0.2, 0) is 9.59 Å². The molecule has 8 heteroatoms. The molecule has 0 amide bonds. The molecule has 0 saturated heterocycles. The van der Waals surface area contributed by atoms with Gasteiger partial charge < -0.3 is 22.9 Å². The van der Waals surface area contributed by atoms with Gasteiger partial charge in [-0.2, -0.15) is 0 Å². The fraction of sp³-hybridized carbons (Fsp3) is 0.273. The second kappa shape index (κ2) is 10.2. The van der Waals surface area contributed by atoms with Gasteiger partial charge in [-0.3, -0.25) is 19.2 Å². The van der Waals surface area contributed by atoms with Crippen LogP contribution >= 0.6 is 0 Å². The number of carbonyl (C=O) groups is 4. The summed E-state index contributed by atoms with van der Waals surface area (Å²) in [4.78, 5) is 48.6. The number of hydrogen-bond acceptors (Lipinski definition) is 8. The van der Waals surface area contributed by atoms with Crippen LogP contribution in [0.3, 0.4) is 0 Å². The zero-order valence-electron chi connectivity index (χ0n) is 16.6. The van der Waals surface area contributed by atoms with Crippen LogP contribution in [0.1, 0.15) is 59.2 Å². The lowest BCUT2D eigenvalue weighted by atomic mass is 9.98. The lowest BCUT2D eigenvalue weighted by molar-refractivity contribution is -0.124. The fourth-order valence-corrected chi connectivity index (χ4v) is 3.11. The summed E-state index contributed by atoms with van der Waals surface area (Å²) in [6.07, 6.45) is -0.0515. The molecule has 0 aromatic heterocycles. The van der Waals surface area contributed by atoms with Crippen molar-refractivity contribution in [3.63, 3.8) is 0 Å². The molecule has 2 rings (SSSR count). The SMILES string of the molecule is Nc1cccc(N)c1C(=O)CCC(=O)CCC(=O)CCC(=O)c1c(N)cccc1N. The largest absolute Gasteiger partial charge is 0.398 e. The van der Waals surface area contributed by atoms with Gasteiger partial charge in [0.1, 0.15) is 11.6 Å². The smallest absolute Gasteiger partial charge is 0.167 e. The molecule has 0 radical (unpaired) electrons. The van der Waals surface area contributed by atoms with Gasteiger partial charge in [-0.15, -0.1) is 0 Å². The van der Waals surface area contributed by atoms with Crippen LogP contribution in [0.4, 0.5) is 22.7 Å². The van der Waals surface area contributed by atoms with Gasteiger partial charge in [-0.25, -0.2) is 0 Å². The molecule has 0 aliphatic carbocycles. The van der Waals surface area contributed by atoms with Crippen molar-refractivity contribution in [2.24, 2.45) is 0 Å². The van der Waals surface area contributed by atoms with Gasteiger partial charge in [0.05, 0.1) is 11.1 Å². The van der Waals surface area contributed by atoms with Crippen molar-refractivity contribution in [3.8, 4) is 0 Å². The topological polar surface area (TPSA) is 172 Å². The van der Waals surface area contributed by atoms with Crippen LogP contribution in [0.5, 0.6) is 0 Å². The molecule has 0 unspecified atom stereocenters. The molecule has 8 N–H and O–H groups in total. The highest BCUT2D eigenvalue weighted by atomic mass is 16.1. The fourth-order valence-electron chi connectivity index (χ4n) is 3.11. The minimum Gasteiger partial charge on any atom is -0.398 e. The number of Topliss-reactive ketones (excluding diaryl/α,β-unsaturated/α-hetero) is 4. The average molecular weight is 410 g/mol. The van der Waals surface area contributed by atoms with Crippen molar-refractivity contribution in [2.75, 3.05) is 22.9 Å². The van der Waals surface area contributed by atoms with Crippen LogP contribution in [0.15, 0.2) is 36.4 Å². The first-order valence-corrected chi connectivity index (χ1v) is 9.58. The Morgan fingerprint density at radius 3 is 1.07 bits per heavy atom. The summed E-state index contributed by atoms with van der Waals surface area (Å²) in [5, 5.41) is 0. The Morgan fingerprint density at radius 2 is 0.767 bits per heavy atom. The van der Waals surface area contributed by atoms with Crippen LogP contribution in [0.25, 0.3) is 0 Å². The molecule has 0 bridgehead atoms. The summed E-state index contributed by atoms with van der Waals surface area (Å²) in [6.45, 7) is 0. The van der Waals surface area contributed by atoms with Gasteiger partial charge in [0.2, 0.25) is 0 Å². The number of nitrogens with two attached hydrogens (primary N) is 4. The van der Waals surface area contributed by atoms with E-state index in [9.17, 15) is 19.2 Å². The summed E-state index contributed by atoms with van der Waals surface area (Å²) in [7, 11) is 0. The summed E-state index contributed by atoms with van der Waals surface area (Å²) in [5.74, 6) is -1.05. The first-order chi connectivity index (χ1) is 14.2. The molecule has 0 spiro atoms. The molecule has 0 saturated carbocycles. The Morgan fingerprint density at radius 1 is 0.500 bits per heavy atom. The van der Waals surface area contributed by atoms with Crippen LogP contribution in [0.2, 0.25) is 0 Å².